The average Bonchev–Trinajstić information content (AvgIpc) is 3.14. The third-order valence-electron chi connectivity index (χ3n) is 6.72. The van der Waals surface area contributed by atoms with Crippen LogP contribution in [0.25, 0.3) is 5.69 Å². The summed E-state index contributed by atoms with van der Waals surface area (Å²) in [6, 6.07) is 20.5. The van der Waals surface area contributed by atoms with E-state index in [-0.39, 0.29) is 4.90 Å². The van der Waals surface area contributed by atoms with E-state index in [1.165, 1.54) is 11.1 Å². The predicted molar refractivity (Wildman–Crippen MR) is 162 cm³/mol. The first-order valence-corrected chi connectivity index (χ1v) is 14.6. The van der Waals surface area contributed by atoms with Gasteiger partial charge in [0.1, 0.15) is 6.54 Å². The summed E-state index contributed by atoms with van der Waals surface area (Å²) in [5.74, 6) is -0.547. The number of aromatic nitrogens is 1. The van der Waals surface area contributed by atoms with Crippen molar-refractivity contribution in [3.05, 3.63) is 111 Å². The van der Waals surface area contributed by atoms with Crippen LogP contribution in [0.4, 0.5) is 5.69 Å². The number of aryl methyl sites for hydroxylation is 6. The fourth-order valence-corrected chi connectivity index (χ4v) is 6.39. The van der Waals surface area contributed by atoms with Crippen LogP contribution >= 0.6 is 0 Å². The molecule has 0 radical (unpaired) electrons. The third kappa shape index (κ3) is 6.34. The molecule has 0 bridgehead atoms. The molecule has 3 aromatic carbocycles. The zero-order chi connectivity index (χ0) is 29.2. The molecular formula is C32H36N4O3S. The van der Waals surface area contributed by atoms with Crippen molar-refractivity contribution < 1.29 is 13.2 Å². The molecule has 8 heteroatoms. The molecule has 1 N–H and O–H groups in total. The Morgan fingerprint density at radius 2 is 1.35 bits per heavy atom. The highest BCUT2D eigenvalue weighted by Gasteiger charge is 2.27. The number of carbonyl (C=O) groups excluding carboxylic acids is 1. The molecule has 0 aliphatic rings. The fraction of sp³-hybridized carbons (Fsp3) is 0.250. The first-order chi connectivity index (χ1) is 18.8. The van der Waals surface area contributed by atoms with Crippen LogP contribution in [0.15, 0.2) is 76.7 Å². The minimum Gasteiger partial charge on any atom is -0.318 e. The minimum absolute atomic E-state index is 0.118. The number of sulfonamides is 1. The smallest absolute Gasteiger partial charge is 0.264 e. The normalized spacial score (nSPS) is 11.7. The summed E-state index contributed by atoms with van der Waals surface area (Å²) >= 11 is 0. The predicted octanol–water partition coefficient (Wildman–Crippen LogP) is 5.98. The van der Waals surface area contributed by atoms with E-state index in [1.807, 2.05) is 46.8 Å². The number of rotatable bonds is 8. The molecule has 0 saturated heterocycles. The van der Waals surface area contributed by atoms with Gasteiger partial charge in [0, 0.05) is 22.6 Å². The maximum Gasteiger partial charge on any atom is 0.264 e. The Hall–Kier alpha value is -4.17. The molecule has 4 rings (SSSR count). The highest BCUT2D eigenvalue weighted by molar-refractivity contribution is 7.92. The van der Waals surface area contributed by atoms with Crippen molar-refractivity contribution in [2.24, 2.45) is 5.10 Å². The molecule has 7 nitrogen and oxygen atoms in total. The standard InChI is InChI=1S/C32H36N4O3S/c1-21-8-10-31(11-9-21)40(38,39)35(29-14-22(2)12-23(3)15-29)20-32(37)34-33-19-28-18-26(6)36(27(28)7)30-16-24(4)13-25(5)17-30/h8-19H,20H2,1-7H3,(H,34,37)/b33-19-. The SMILES string of the molecule is Cc1ccc(S(=O)(=O)N(CC(=O)N/N=C\c2cc(C)n(-c3cc(C)cc(C)c3)c2C)c2cc(C)cc(C)c2)cc1. The van der Waals surface area contributed by atoms with Crippen molar-refractivity contribution in [2.75, 3.05) is 10.8 Å². The molecule has 4 aromatic rings. The molecular weight excluding hydrogens is 520 g/mol. The fourth-order valence-electron chi connectivity index (χ4n) is 4.98. The second kappa shape index (κ2) is 11.5. The summed E-state index contributed by atoms with van der Waals surface area (Å²) in [5.41, 5.74) is 12.0. The minimum atomic E-state index is -4.01. The van der Waals surface area contributed by atoms with Gasteiger partial charge in [0.15, 0.2) is 0 Å². The van der Waals surface area contributed by atoms with Crippen molar-refractivity contribution in [3.63, 3.8) is 0 Å². The van der Waals surface area contributed by atoms with Gasteiger partial charge in [-0.15, -0.1) is 0 Å². The van der Waals surface area contributed by atoms with Gasteiger partial charge in [0.2, 0.25) is 0 Å². The van der Waals surface area contributed by atoms with Crippen LogP contribution in [0.3, 0.4) is 0 Å². The summed E-state index contributed by atoms with van der Waals surface area (Å²) in [6.07, 6.45) is 1.59. The van der Waals surface area contributed by atoms with Gasteiger partial charge in [-0.3, -0.25) is 9.10 Å². The van der Waals surface area contributed by atoms with E-state index >= 15 is 0 Å². The van der Waals surface area contributed by atoms with Crippen molar-refractivity contribution in [3.8, 4) is 5.69 Å². The van der Waals surface area contributed by atoms with Crippen molar-refractivity contribution >= 4 is 27.8 Å². The van der Waals surface area contributed by atoms with Gasteiger partial charge in [-0.25, -0.2) is 13.8 Å². The summed E-state index contributed by atoms with van der Waals surface area (Å²) in [7, 11) is -4.01. The lowest BCUT2D eigenvalue weighted by atomic mass is 10.1. The van der Waals surface area contributed by atoms with E-state index in [9.17, 15) is 13.2 Å². The van der Waals surface area contributed by atoms with E-state index in [4.69, 9.17) is 0 Å². The van der Waals surface area contributed by atoms with Gasteiger partial charge in [0.25, 0.3) is 15.9 Å². The quantitative estimate of drug-likeness (QED) is 0.214. The van der Waals surface area contributed by atoms with E-state index in [2.05, 4.69) is 47.1 Å². The number of anilines is 1. The molecule has 1 amide bonds. The summed E-state index contributed by atoms with van der Waals surface area (Å²) < 4.78 is 30.6. The van der Waals surface area contributed by atoms with Crippen LogP contribution < -0.4 is 9.73 Å². The van der Waals surface area contributed by atoms with Crippen LogP contribution in [0.5, 0.6) is 0 Å². The highest BCUT2D eigenvalue weighted by Crippen LogP contribution is 2.26. The first-order valence-electron chi connectivity index (χ1n) is 13.1. The number of hydrogen-bond donors (Lipinski definition) is 1. The molecule has 0 spiro atoms. The Bertz CT molecular complexity index is 1660. The van der Waals surface area contributed by atoms with Gasteiger partial charge in [-0.2, -0.15) is 5.10 Å². The monoisotopic (exact) mass is 556 g/mol. The van der Waals surface area contributed by atoms with Gasteiger partial charge in [-0.05, 0) is 113 Å². The summed E-state index contributed by atoms with van der Waals surface area (Å²) in [5, 5.41) is 4.17. The number of hydrogen-bond acceptors (Lipinski definition) is 4. The molecule has 1 heterocycles. The molecule has 0 atom stereocenters. The maximum atomic E-state index is 13.7. The Morgan fingerprint density at radius 1 is 0.800 bits per heavy atom. The Kier molecular flexibility index (Phi) is 8.30. The molecule has 208 valence electrons. The van der Waals surface area contributed by atoms with Crippen molar-refractivity contribution in [1.29, 1.82) is 0 Å². The summed E-state index contributed by atoms with van der Waals surface area (Å²) in [6.45, 7) is 13.4. The first kappa shape index (κ1) is 28.8. The Morgan fingerprint density at radius 3 is 1.93 bits per heavy atom. The van der Waals surface area contributed by atoms with Crippen LogP contribution in [-0.4, -0.2) is 31.7 Å². The second-order valence-electron chi connectivity index (χ2n) is 10.5. The highest BCUT2D eigenvalue weighted by atomic mass is 32.2. The van der Waals surface area contributed by atoms with E-state index in [0.717, 1.165) is 43.6 Å². The van der Waals surface area contributed by atoms with Crippen molar-refractivity contribution in [2.45, 2.75) is 53.4 Å². The number of nitrogens with zero attached hydrogens (tertiary/aromatic N) is 3. The van der Waals surface area contributed by atoms with Crippen LogP contribution in [-0.2, 0) is 14.8 Å². The lowest BCUT2D eigenvalue weighted by molar-refractivity contribution is -0.119. The van der Waals surface area contributed by atoms with Crippen LogP contribution in [0.1, 0.15) is 44.8 Å². The number of nitrogens with one attached hydrogen (secondary N) is 1. The van der Waals surface area contributed by atoms with Gasteiger partial charge in [-0.1, -0.05) is 29.8 Å². The van der Waals surface area contributed by atoms with Gasteiger partial charge < -0.3 is 4.57 Å². The zero-order valence-corrected chi connectivity index (χ0v) is 24.9. The van der Waals surface area contributed by atoms with Gasteiger partial charge >= 0.3 is 0 Å². The third-order valence-corrected chi connectivity index (χ3v) is 8.51. The zero-order valence-electron chi connectivity index (χ0n) is 24.1. The molecule has 0 aliphatic heterocycles. The lowest BCUT2D eigenvalue weighted by Gasteiger charge is -2.24. The molecule has 0 unspecified atom stereocenters. The topological polar surface area (TPSA) is 83.8 Å². The number of amides is 1. The number of carbonyl (C=O) groups is 1. The number of hydrazone groups is 1. The molecule has 0 fully saturated rings. The molecule has 1 aromatic heterocycles. The van der Waals surface area contributed by atoms with Crippen molar-refractivity contribution in [1.82, 2.24) is 9.99 Å². The Balaban J connectivity index is 1.58. The number of benzene rings is 3. The van der Waals surface area contributed by atoms with E-state index in [1.54, 1.807) is 42.6 Å². The Labute approximate surface area is 237 Å². The van der Waals surface area contributed by atoms with Crippen LogP contribution in [0.2, 0.25) is 0 Å². The molecule has 0 saturated carbocycles. The van der Waals surface area contributed by atoms with Crippen LogP contribution in [0, 0.1) is 48.5 Å². The molecule has 40 heavy (non-hydrogen) atoms. The largest absolute Gasteiger partial charge is 0.318 e. The maximum absolute atomic E-state index is 13.7. The van der Waals surface area contributed by atoms with E-state index in [0.29, 0.717) is 5.69 Å². The second-order valence-corrected chi connectivity index (χ2v) is 12.3. The van der Waals surface area contributed by atoms with Gasteiger partial charge in [0.05, 0.1) is 16.8 Å². The summed E-state index contributed by atoms with van der Waals surface area (Å²) in [4.78, 5) is 13.2. The lowest BCUT2D eigenvalue weighted by Crippen LogP contribution is -2.39. The molecule has 0 aliphatic carbocycles. The average molecular weight is 557 g/mol. The van der Waals surface area contributed by atoms with E-state index < -0.39 is 22.5 Å².